The van der Waals surface area contributed by atoms with E-state index in [4.69, 9.17) is 14.0 Å². The van der Waals surface area contributed by atoms with E-state index >= 15 is 0 Å². The molecule has 45 heavy (non-hydrogen) atoms. The number of likely N-dealkylation sites (tertiary alicyclic amines) is 1. The highest BCUT2D eigenvalue weighted by Crippen LogP contribution is 2.27. The number of amides is 1. The van der Waals surface area contributed by atoms with Gasteiger partial charge in [-0.2, -0.15) is 0 Å². The summed E-state index contributed by atoms with van der Waals surface area (Å²) in [7, 11) is 1.29. The summed E-state index contributed by atoms with van der Waals surface area (Å²) in [6, 6.07) is 21.0. The number of methoxy groups -OCH3 is 1. The van der Waals surface area contributed by atoms with Crippen LogP contribution in [0.4, 0.5) is 0 Å². The average Bonchev–Trinajstić information content (AvgIpc) is 3.74. The van der Waals surface area contributed by atoms with Crippen molar-refractivity contribution in [1.29, 1.82) is 0 Å². The predicted octanol–water partition coefficient (Wildman–Crippen LogP) is 5.20. The van der Waals surface area contributed by atoms with E-state index in [-0.39, 0.29) is 24.0 Å². The molecular weight excluding hydrogens is 576 g/mol. The molecule has 1 aromatic heterocycles. The second kappa shape index (κ2) is 16.2. The van der Waals surface area contributed by atoms with E-state index in [1.807, 2.05) is 74.5 Å². The van der Waals surface area contributed by atoms with Crippen LogP contribution in [0.5, 0.6) is 0 Å². The van der Waals surface area contributed by atoms with Crippen LogP contribution in [0.3, 0.4) is 0 Å². The third-order valence-electron chi connectivity index (χ3n) is 7.44. The van der Waals surface area contributed by atoms with Gasteiger partial charge in [0.2, 0.25) is 5.76 Å². The minimum atomic E-state index is -0.565. The zero-order valence-corrected chi connectivity index (χ0v) is 26.1. The number of nitrogens with one attached hydrogen (secondary N) is 1. The summed E-state index contributed by atoms with van der Waals surface area (Å²) in [5.41, 5.74) is 3.61. The van der Waals surface area contributed by atoms with Gasteiger partial charge in [0, 0.05) is 37.2 Å². The molecule has 2 aromatic carbocycles. The number of nitrogens with zero attached hydrogens (tertiary/aromatic N) is 3. The molecule has 238 valence electrons. The topological polar surface area (TPSA) is 136 Å². The van der Waals surface area contributed by atoms with Crippen LogP contribution in [0.2, 0.25) is 0 Å². The van der Waals surface area contributed by atoms with Crippen LogP contribution in [0.1, 0.15) is 60.5 Å². The molecule has 0 aliphatic carbocycles. The highest BCUT2D eigenvalue weighted by molar-refractivity contribution is 6.45. The van der Waals surface area contributed by atoms with Crippen molar-refractivity contribution in [3.63, 3.8) is 0 Å². The van der Waals surface area contributed by atoms with Gasteiger partial charge >= 0.3 is 5.97 Å². The van der Waals surface area contributed by atoms with Gasteiger partial charge < -0.3 is 34.2 Å². The molecule has 0 bridgehead atoms. The van der Waals surface area contributed by atoms with Crippen molar-refractivity contribution in [2.75, 3.05) is 33.3 Å². The van der Waals surface area contributed by atoms with Gasteiger partial charge in [-0.15, -0.1) is 0 Å². The Balaban J connectivity index is 1.43. The van der Waals surface area contributed by atoms with Gasteiger partial charge in [0.1, 0.15) is 13.2 Å². The van der Waals surface area contributed by atoms with Crippen LogP contribution < -0.4 is 5.32 Å². The molecule has 3 aromatic rings. The van der Waals surface area contributed by atoms with E-state index in [9.17, 15) is 14.8 Å². The normalized spacial score (nSPS) is 15.6. The fraction of sp³-hybridized carbons (Fsp3) is 0.353. The molecule has 4 rings (SSSR count). The van der Waals surface area contributed by atoms with E-state index in [1.165, 1.54) is 7.11 Å². The van der Waals surface area contributed by atoms with Gasteiger partial charge in [0.15, 0.2) is 17.2 Å². The van der Waals surface area contributed by atoms with E-state index in [1.54, 1.807) is 13.0 Å². The predicted molar refractivity (Wildman–Crippen MR) is 167 cm³/mol. The minimum absolute atomic E-state index is 0.0753. The number of carbonyl (C=O) groups is 2. The first-order valence-electron chi connectivity index (χ1n) is 14.8. The molecule has 11 nitrogen and oxygen atoms in total. The molecule has 0 unspecified atom stereocenters. The molecule has 0 spiro atoms. The number of benzene rings is 2. The lowest BCUT2D eigenvalue weighted by Gasteiger charge is -2.20. The van der Waals surface area contributed by atoms with Gasteiger partial charge in [0.05, 0.1) is 12.8 Å². The summed E-state index contributed by atoms with van der Waals surface area (Å²) in [4.78, 5) is 27.2. The molecule has 1 aliphatic rings. The van der Waals surface area contributed by atoms with Crippen LogP contribution in [-0.2, 0) is 32.2 Å². The molecule has 1 atom stereocenters. The molecule has 11 heteroatoms. The molecule has 1 saturated heterocycles. The zero-order valence-electron chi connectivity index (χ0n) is 26.1. The second-order valence-corrected chi connectivity index (χ2v) is 10.9. The van der Waals surface area contributed by atoms with Crippen LogP contribution in [0, 0.1) is 0 Å². The first-order chi connectivity index (χ1) is 21.8. The van der Waals surface area contributed by atoms with Crippen LogP contribution in [-0.4, -0.2) is 66.1 Å². The number of hydrogen-bond acceptors (Lipinski definition) is 10. The molecule has 1 fully saturated rings. The number of hydrogen-bond donors (Lipinski definition) is 2. The average molecular weight is 617 g/mol. The number of esters is 1. The van der Waals surface area contributed by atoms with Crippen LogP contribution in [0.15, 0.2) is 99.1 Å². The standard InChI is InChI=1S/C34H40N4O7/c1-23(2)31(43-21-25-11-7-5-8-12-25)32(44-22-26-13-9-6-10-14-26)24(3)30(36-41)33(39)35-16-18-38-17-15-27(20-38)28-19-29(45-37-28)34(40)42-4/h5-14,19,27,41H,15-18,20-22H2,1-4H3,(H,35,39)/b32-24+,36-30-/t27-/m1/s1. The Kier molecular flexibility index (Phi) is 11.9. The van der Waals surface area contributed by atoms with Crippen molar-refractivity contribution in [3.8, 4) is 0 Å². The lowest BCUT2D eigenvalue weighted by Crippen LogP contribution is -2.38. The van der Waals surface area contributed by atoms with Gasteiger partial charge in [-0.1, -0.05) is 71.0 Å². The molecule has 1 amide bonds. The Morgan fingerprint density at radius 3 is 2.20 bits per heavy atom. The molecule has 2 N–H and O–H groups in total. The quantitative estimate of drug-likeness (QED) is 0.0626. The summed E-state index contributed by atoms with van der Waals surface area (Å²) in [6.45, 7) is 8.37. The van der Waals surface area contributed by atoms with E-state index < -0.39 is 11.9 Å². The van der Waals surface area contributed by atoms with E-state index in [0.29, 0.717) is 49.0 Å². The lowest BCUT2D eigenvalue weighted by molar-refractivity contribution is -0.114. The molecule has 2 heterocycles. The van der Waals surface area contributed by atoms with Crippen molar-refractivity contribution in [2.24, 2.45) is 5.16 Å². The number of oxime groups is 1. The third-order valence-corrected chi connectivity index (χ3v) is 7.44. The molecular formula is C34H40N4O7. The minimum Gasteiger partial charge on any atom is -0.485 e. The molecule has 0 radical (unpaired) electrons. The molecule has 1 aliphatic heterocycles. The molecule has 0 saturated carbocycles. The highest BCUT2D eigenvalue weighted by Gasteiger charge is 2.28. The van der Waals surface area contributed by atoms with Crippen molar-refractivity contribution in [2.45, 2.75) is 46.3 Å². The number of aromatic nitrogens is 1. The Labute approximate surface area is 263 Å². The Hall–Kier alpha value is -4.90. The highest BCUT2D eigenvalue weighted by atomic mass is 16.6. The maximum Gasteiger partial charge on any atom is 0.376 e. The van der Waals surface area contributed by atoms with E-state index in [0.717, 1.165) is 29.7 Å². The van der Waals surface area contributed by atoms with Crippen molar-refractivity contribution < 1.29 is 33.5 Å². The van der Waals surface area contributed by atoms with Crippen LogP contribution in [0.25, 0.3) is 0 Å². The smallest absolute Gasteiger partial charge is 0.376 e. The monoisotopic (exact) mass is 616 g/mol. The maximum atomic E-state index is 13.3. The summed E-state index contributed by atoms with van der Waals surface area (Å²) >= 11 is 0. The Bertz CT molecular complexity index is 1530. The summed E-state index contributed by atoms with van der Waals surface area (Å²) in [6.07, 6.45) is 0.836. The SMILES string of the molecule is COC(=O)c1cc([C@@H]2CCN(CCNC(=O)C(=N\O)/C(C)=C(/OCc3ccccc3)C(OCc3ccccc3)=C(C)C)C2)no1. The largest absolute Gasteiger partial charge is 0.485 e. The summed E-state index contributed by atoms with van der Waals surface area (Å²) in [5.74, 6) is -0.143. The first kappa shape index (κ1) is 33.0. The van der Waals surface area contributed by atoms with Gasteiger partial charge in [0.25, 0.3) is 5.91 Å². The summed E-state index contributed by atoms with van der Waals surface area (Å²) < 4.78 is 22.3. The number of carbonyl (C=O) groups excluding carboxylic acids is 2. The van der Waals surface area contributed by atoms with Crippen molar-refractivity contribution in [3.05, 3.63) is 112 Å². The number of allylic oxidation sites excluding steroid dienone is 1. The third kappa shape index (κ3) is 9.05. The lowest BCUT2D eigenvalue weighted by atomic mass is 10.1. The number of rotatable bonds is 14. The maximum absolute atomic E-state index is 13.3. The summed E-state index contributed by atoms with van der Waals surface area (Å²) in [5, 5.41) is 20.2. The van der Waals surface area contributed by atoms with E-state index in [2.05, 4.69) is 25.3 Å². The zero-order chi connectivity index (χ0) is 32.2. The number of ether oxygens (including phenoxy) is 3. The second-order valence-electron chi connectivity index (χ2n) is 10.9. The van der Waals surface area contributed by atoms with Gasteiger partial charge in [-0.3, -0.25) is 4.79 Å². The fourth-order valence-electron chi connectivity index (χ4n) is 5.01. The van der Waals surface area contributed by atoms with Crippen molar-refractivity contribution >= 4 is 17.6 Å². The van der Waals surface area contributed by atoms with Crippen molar-refractivity contribution in [1.82, 2.24) is 15.4 Å². The Morgan fingerprint density at radius 1 is 1.00 bits per heavy atom. The fourth-order valence-corrected chi connectivity index (χ4v) is 5.01. The van der Waals surface area contributed by atoms with Gasteiger partial charge in [-0.25, -0.2) is 4.79 Å². The van der Waals surface area contributed by atoms with Gasteiger partial charge in [-0.05, 0) is 50.4 Å². The first-order valence-corrected chi connectivity index (χ1v) is 14.8. The Morgan fingerprint density at radius 2 is 1.62 bits per heavy atom. The van der Waals surface area contributed by atoms with Crippen LogP contribution >= 0.6 is 0 Å².